The van der Waals surface area contributed by atoms with Crippen molar-refractivity contribution in [1.29, 1.82) is 0 Å². The highest BCUT2D eigenvalue weighted by Crippen LogP contribution is 2.19. The summed E-state index contributed by atoms with van der Waals surface area (Å²) in [6, 6.07) is 11.6. The first-order valence-electron chi connectivity index (χ1n) is 9.16. The van der Waals surface area contributed by atoms with E-state index in [1.165, 1.54) is 17.4 Å². The van der Waals surface area contributed by atoms with Gasteiger partial charge in [-0.05, 0) is 42.5 Å². The van der Waals surface area contributed by atoms with E-state index in [9.17, 15) is 9.59 Å². The molecule has 1 saturated heterocycles. The first kappa shape index (κ1) is 16.7. The fraction of sp³-hybridized carbons (Fsp3) is 0.400. The molecule has 3 amide bonds. The number of amides is 3. The minimum absolute atomic E-state index is 0.0210. The van der Waals surface area contributed by atoms with Gasteiger partial charge in [0.25, 0.3) is 5.91 Å². The largest absolute Gasteiger partial charge is 0.459 e. The summed E-state index contributed by atoms with van der Waals surface area (Å²) in [4.78, 5) is 28.7. The smallest absolute Gasteiger partial charge is 0.317 e. The number of hydrogen-bond acceptors (Lipinski definition) is 3. The molecule has 0 saturated carbocycles. The fourth-order valence-corrected chi connectivity index (χ4v) is 3.77. The Morgan fingerprint density at radius 2 is 1.88 bits per heavy atom. The van der Waals surface area contributed by atoms with Crippen molar-refractivity contribution >= 4 is 11.9 Å². The van der Waals surface area contributed by atoms with Gasteiger partial charge in [-0.3, -0.25) is 4.79 Å². The molecule has 1 atom stereocenters. The average Bonchev–Trinajstić information content (AvgIpc) is 3.22. The lowest BCUT2D eigenvalue weighted by Gasteiger charge is -2.35. The predicted molar refractivity (Wildman–Crippen MR) is 96.7 cm³/mol. The van der Waals surface area contributed by atoms with Gasteiger partial charge in [-0.1, -0.05) is 24.3 Å². The Morgan fingerprint density at radius 1 is 1.04 bits per heavy atom. The molecule has 4 rings (SSSR count). The zero-order valence-corrected chi connectivity index (χ0v) is 14.7. The first-order valence-corrected chi connectivity index (χ1v) is 9.16. The number of benzene rings is 1. The second-order valence-corrected chi connectivity index (χ2v) is 6.96. The standard InChI is InChI=1S/C20H23N3O3/c24-19(18-8-4-12-26-18)22-10-3-7-17(14-22)21-20(25)23-11-9-15-5-1-2-6-16(15)13-23/h1-2,4-6,8,12,17H,3,7,9-11,13-14H2,(H,21,25). The van der Waals surface area contributed by atoms with Crippen molar-refractivity contribution in [3.8, 4) is 0 Å². The lowest BCUT2D eigenvalue weighted by Crippen LogP contribution is -2.53. The minimum atomic E-state index is -0.110. The van der Waals surface area contributed by atoms with Crippen molar-refractivity contribution < 1.29 is 14.0 Å². The number of urea groups is 1. The lowest BCUT2D eigenvalue weighted by molar-refractivity contribution is 0.0662. The van der Waals surface area contributed by atoms with Gasteiger partial charge in [0.1, 0.15) is 0 Å². The van der Waals surface area contributed by atoms with Crippen LogP contribution in [-0.2, 0) is 13.0 Å². The van der Waals surface area contributed by atoms with E-state index in [-0.39, 0.29) is 18.0 Å². The quantitative estimate of drug-likeness (QED) is 0.903. The maximum absolute atomic E-state index is 12.7. The van der Waals surface area contributed by atoms with Crippen LogP contribution in [0.15, 0.2) is 47.1 Å². The highest BCUT2D eigenvalue weighted by molar-refractivity contribution is 5.91. The molecule has 2 aromatic rings. The van der Waals surface area contributed by atoms with Crippen molar-refractivity contribution in [2.75, 3.05) is 19.6 Å². The van der Waals surface area contributed by atoms with Crippen LogP contribution in [0.5, 0.6) is 0 Å². The molecule has 0 bridgehead atoms. The van der Waals surface area contributed by atoms with E-state index in [1.807, 2.05) is 17.0 Å². The molecule has 136 valence electrons. The molecule has 0 radical (unpaired) electrons. The third-order valence-electron chi connectivity index (χ3n) is 5.19. The summed E-state index contributed by atoms with van der Waals surface area (Å²) >= 11 is 0. The average molecular weight is 353 g/mol. The Morgan fingerprint density at radius 3 is 2.69 bits per heavy atom. The molecule has 0 aliphatic carbocycles. The van der Waals surface area contributed by atoms with Crippen LogP contribution in [0.1, 0.15) is 34.5 Å². The molecule has 1 aromatic heterocycles. The van der Waals surface area contributed by atoms with Crippen LogP contribution in [-0.4, -0.2) is 47.4 Å². The Hall–Kier alpha value is -2.76. The van der Waals surface area contributed by atoms with Crippen molar-refractivity contribution in [3.63, 3.8) is 0 Å². The number of furan rings is 1. The zero-order valence-electron chi connectivity index (χ0n) is 14.7. The molecule has 1 unspecified atom stereocenters. The second-order valence-electron chi connectivity index (χ2n) is 6.96. The number of likely N-dealkylation sites (tertiary alicyclic amines) is 1. The van der Waals surface area contributed by atoms with E-state index in [0.29, 0.717) is 25.4 Å². The molecule has 3 heterocycles. The Labute approximate surface area is 152 Å². The Bertz CT molecular complexity index is 787. The number of carbonyl (C=O) groups excluding carboxylic acids is 2. The highest BCUT2D eigenvalue weighted by Gasteiger charge is 2.28. The van der Waals surface area contributed by atoms with E-state index in [0.717, 1.165) is 25.8 Å². The van der Waals surface area contributed by atoms with Gasteiger partial charge in [0.2, 0.25) is 0 Å². The number of fused-ring (bicyclic) bond motifs is 1. The van der Waals surface area contributed by atoms with E-state index < -0.39 is 0 Å². The van der Waals surface area contributed by atoms with Crippen LogP contribution in [0, 0.1) is 0 Å². The molecule has 2 aliphatic rings. The van der Waals surface area contributed by atoms with Gasteiger partial charge in [0.05, 0.1) is 6.26 Å². The van der Waals surface area contributed by atoms with Crippen LogP contribution in [0.4, 0.5) is 4.79 Å². The van der Waals surface area contributed by atoms with Crippen LogP contribution < -0.4 is 5.32 Å². The third kappa shape index (κ3) is 3.45. The van der Waals surface area contributed by atoms with Crippen molar-refractivity contribution in [2.24, 2.45) is 0 Å². The second kappa shape index (κ2) is 7.23. The van der Waals surface area contributed by atoms with Gasteiger partial charge in [-0.15, -0.1) is 0 Å². The van der Waals surface area contributed by atoms with Gasteiger partial charge in [-0.2, -0.15) is 0 Å². The SMILES string of the molecule is O=C(NC1CCCN(C(=O)c2ccco2)C1)N1CCc2ccccc2C1. The number of hydrogen-bond donors (Lipinski definition) is 1. The number of rotatable bonds is 2. The predicted octanol–water partition coefficient (Wildman–Crippen LogP) is 2.65. The third-order valence-corrected chi connectivity index (χ3v) is 5.19. The Balaban J connectivity index is 1.35. The highest BCUT2D eigenvalue weighted by atomic mass is 16.3. The van der Waals surface area contributed by atoms with E-state index >= 15 is 0 Å². The molecule has 6 nitrogen and oxygen atoms in total. The van der Waals surface area contributed by atoms with Gasteiger partial charge in [0.15, 0.2) is 5.76 Å². The normalized spacial score (nSPS) is 19.8. The van der Waals surface area contributed by atoms with Crippen molar-refractivity contribution in [2.45, 2.75) is 31.8 Å². The van der Waals surface area contributed by atoms with E-state index in [1.54, 1.807) is 17.0 Å². The zero-order chi connectivity index (χ0) is 17.9. The van der Waals surface area contributed by atoms with E-state index in [4.69, 9.17) is 4.42 Å². The first-order chi connectivity index (χ1) is 12.7. The Kier molecular flexibility index (Phi) is 4.65. The van der Waals surface area contributed by atoms with Crippen molar-refractivity contribution in [3.05, 3.63) is 59.5 Å². The summed E-state index contributed by atoms with van der Waals surface area (Å²) < 4.78 is 5.21. The van der Waals surface area contributed by atoms with Crippen LogP contribution >= 0.6 is 0 Å². The topological polar surface area (TPSA) is 65.8 Å². The molecule has 1 N–H and O–H groups in total. The van der Waals surface area contributed by atoms with Crippen LogP contribution in [0.25, 0.3) is 0 Å². The summed E-state index contributed by atoms with van der Waals surface area (Å²) in [5.74, 6) is 0.241. The van der Waals surface area contributed by atoms with E-state index in [2.05, 4.69) is 17.4 Å². The maximum atomic E-state index is 12.7. The van der Waals surface area contributed by atoms with Crippen molar-refractivity contribution in [1.82, 2.24) is 15.1 Å². The van der Waals surface area contributed by atoms with Gasteiger partial charge < -0.3 is 19.5 Å². The molecule has 1 aromatic carbocycles. The minimum Gasteiger partial charge on any atom is -0.459 e. The maximum Gasteiger partial charge on any atom is 0.317 e. The number of nitrogens with one attached hydrogen (secondary N) is 1. The number of piperidine rings is 1. The van der Waals surface area contributed by atoms with Crippen LogP contribution in [0.2, 0.25) is 0 Å². The number of carbonyl (C=O) groups is 2. The molecule has 26 heavy (non-hydrogen) atoms. The lowest BCUT2D eigenvalue weighted by atomic mass is 10.00. The summed E-state index contributed by atoms with van der Waals surface area (Å²) in [6.07, 6.45) is 4.15. The van der Waals surface area contributed by atoms with Crippen LogP contribution in [0.3, 0.4) is 0 Å². The van der Waals surface area contributed by atoms with Gasteiger partial charge in [-0.25, -0.2) is 4.79 Å². The summed E-state index contributed by atoms with van der Waals surface area (Å²) in [7, 11) is 0. The molecule has 0 spiro atoms. The molecule has 2 aliphatic heterocycles. The van der Waals surface area contributed by atoms with Gasteiger partial charge in [0, 0.05) is 32.2 Å². The number of nitrogens with zero attached hydrogens (tertiary/aromatic N) is 2. The summed E-state index contributed by atoms with van der Waals surface area (Å²) in [5, 5.41) is 3.11. The molecular weight excluding hydrogens is 330 g/mol. The molecule has 6 heteroatoms. The molecular formula is C20H23N3O3. The monoisotopic (exact) mass is 353 g/mol. The molecule has 1 fully saturated rings. The summed E-state index contributed by atoms with van der Waals surface area (Å²) in [6.45, 7) is 2.59. The van der Waals surface area contributed by atoms with Gasteiger partial charge >= 0.3 is 6.03 Å². The fourth-order valence-electron chi connectivity index (χ4n) is 3.77. The summed E-state index contributed by atoms with van der Waals surface area (Å²) in [5.41, 5.74) is 2.54.